The molecular formula is C18H15FN2O4S. The molecule has 134 valence electrons. The number of nitriles is 1. The summed E-state index contributed by atoms with van der Waals surface area (Å²) in [5.74, 6) is -2.70. The van der Waals surface area contributed by atoms with Crippen molar-refractivity contribution in [2.75, 3.05) is 0 Å². The lowest BCUT2D eigenvalue weighted by Crippen LogP contribution is -2.22. The van der Waals surface area contributed by atoms with Gasteiger partial charge in [0.05, 0.1) is 5.57 Å². The van der Waals surface area contributed by atoms with Crippen LogP contribution in [0.25, 0.3) is 6.08 Å². The fourth-order valence-electron chi connectivity index (χ4n) is 2.12. The van der Waals surface area contributed by atoms with Crippen molar-refractivity contribution >= 4 is 23.3 Å². The molecule has 6 nitrogen and oxygen atoms in total. The quantitative estimate of drug-likeness (QED) is 0.242. The third-order valence-electron chi connectivity index (χ3n) is 3.61. The fourth-order valence-corrected chi connectivity index (χ4v) is 2.30. The largest absolute Gasteiger partial charge is 0.508 e. The van der Waals surface area contributed by atoms with E-state index < -0.39 is 17.3 Å². The summed E-state index contributed by atoms with van der Waals surface area (Å²) in [6, 6.07) is 6.81. The van der Waals surface area contributed by atoms with E-state index in [4.69, 9.17) is 12.2 Å². The number of hydrogen-bond acceptors (Lipinski definition) is 6. The second-order valence-electron chi connectivity index (χ2n) is 5.48. The predicted molar refractivity (Wildman–Crippen MR) is 97.3 cm³/mol. The second kappa shape index (κ2) is 7.72. The lowest BCUT2D eigenvalue weighted by molar-refractivity contribution is 0.379. The molecule has 2 aromatic rings. The Morgan fingerprint density at radius 1 is 1.15 bits per heavy atom. The van der Waals surface area contributed by atoms with Crippen LogP contribution < -0.4 is 5.32 Å². The number of hydrogen-bond donors (Lipinski definition) is 5. The van der Waals surface area contributed by atoms with E-state index >= 15 is 0 Å². The molecule has 0 saturated heterocycles. The molecule has 0 aliphatic heterocycles. The zero-order chi connectivity index (χ0) is 19.4. The van der Waals surface area contributed by atoms with E-state index in [1.165, 1.54) is 18.2 Å². The first-order chi connectivity index (χ1) is 12.2. The van der Waals surface area contributed by atoms with Crippen LogP contribution in [0.2, 0.25) is 0 Å². The Morgan fingerprint density at radius 2 is 1.77 bits per heavy atom. The molecule has 0 unspecified atom stereocenters. The average molecular weight is 374 g/mol. The first-order valence-corrected chi connectivity index (χ1v) is 7.76. The Hall–Kier alpha value is -3.31. The Bertz CT molecular complexity index is 905. The van der Waals surface area contributed by atoms with Gasteiger partial charge in [-0.25, -0.2) is 4.39 Å². The van der Waals surface area contributed by atoms with Crippen molar-refractivity contribution in [3.05, 3.63) is 52.3 Å². The molecule has 2 aromatic carbocycles. The summed E-state index contributed by atoms with van der Waals surface area (Å²) in [4.78, 5) is 0.0556. The van der Waals surface area contributed by atoms with E-state index in [1.54, 1.807) is 6.92 Å². The van der Waals surface area contributed by atoms with Crippen molar-refractivity contribution in [1.29, 1.82) is 5.26 Å². The third kappa shape index (κ3) is 4.20. The van der Waals surface area contributed by atoms with E-state index in [-0.39, 0.29) is 34.2 Å². The Morgan fingerprint density at radius 3 is 2.31 bits per heavy atom. The fraction of sp³-hybridized carbons (Fsp3) is 0.111. The molecule has 0 aliphatic carbocycles. The molecule has 0 atom stereocenters. The van der Waals surface area contributed by atoms with Crippen LogP contribution in [0.15, 0.2) is 29.8 Å². The number of nitrogens with one attached hydrogen (secondary N) is 1. The first kappa shape index (κ1) is 19.0. The van der Waals surface area contributed by atoms with Gasteiger partial charge in [-0.2, -0.15) is 5.26 Å². The van der Waals surface area contributed by atoms with E-state index in [9.17, 15) is 30.1 Å². The maximum absolute atomic E-state index is 13.5. The molecule has 0 aliphatic rings. The van der Waals surface area contributed by atoms with Gasteiger partial charge in [-0.3, -0.25) is 0 Å². The van der Waals surface area contributed by atoms with Crippen molar-refractivity contribution < 1.29 is 24.8 Å². The number of aromatic hydroxyl groups is 4. The summed E-state index contributed by atoms with van der Waals surface area (Å²) in [6.07, 6.45) is 1.25. The van der Waals surface area contributed by atoms with Gasteiger partial charge in [-0.05, 0) is 48.4 Å². The molecule has 5 N–H and O–H groups in total. The number of phenolic OH excluding ortho intramolecular Hbond substituents is 4. The second-order valence-corrected chi connectivity index (χ2v) is 5.89. The van der Waals surface area contributed by atoms with Crippen molar-refractivity contribution in [2.24, 2.45) is 0 Å². The van der Waals surface area contributed by atoms with Crippen LogP contribution in [0.1, 0.15) is 16.7 Å². The molecule has 0 aromatic heterocycles. The maximum atomic E-state index is 13.5. The van der Waals surface area contributed by atoms with Gasteiger partial charge in [0, 0.05) is 12.1 Å². The SMILES string of the molecule is Cc1c(O)cc(CNC(=S)/C(C#N)=C/c2cc(O)c(O)c(F)c2)cc1O. The monoisotopic (exact) mass is 374 g/mol. The number of phenols is 4. The van der Waals surface area contributed by atoms with Crippen LogP contribution in [0.3, 0.4) is 0 Å². The summed E-state index contributed by atoms with van der Waals surface area (Å²) >= 11 is 5.12. The van der Waals surface area contributed by atoms with Gasteiger partial charge in [0.15, 0.2) is 17.3 Å². The molecule has 0 fully saturated rings. The highest BCUT2D eigenvalue weighted by molar-refractivity contribution is 7.80. The van der Waals surface area contributed by atoms with Gasteiger partial charge in [0.1, 0.15) is 22.6 Å². The van der Waals surface area contributed by atoms with Gasteiger partial charge in [0.2, 0.25) is 0 Å². The number of nitrogens with zero attached hydrogens (tertiary/aromatic N) is 1. The number of halogens is 1. The average Bonchev–Trinajstić information content (AvgIpc) is 2.59. The first-order valence-electron chi connectivity index (χ1n) is 7.35. The summed E-state index contributed by atoms with van der Waals surface area (Å²) in [5, 5.41) is 50.1. The van der Waals surface area contributed by atoms with Crippen molar-refractivity contribution in [3.8, 4) is 29.1 Å². The molecule has 0 saturated carbocycles. The van der Waals surface area contributed by atoms with Crippen molar-refractivity contribution in [3.63, 3.8) is 0 Å². The van der Waals surface area contributed by atoms with Crippen LogP contribution >= 0.6 is 12.2 Å². The van der Waals surface area contributed by atoms with Crippen LogP contribution in [-0.4, -0.2) is 25.4 Å². The predicted octanol–water partition coefficient (Wildman–Crippen LogP) is 2.98. The van der Waals surface area contributed by atoms with E-state index in [2.05, 4.69) is 5.32 Å². The minimum Gasteiger partial charge on any atom is -0.508 e. The summed E-state index contributed by atoms with van der Waals surface area (Å²) in [6.45, 7) is 1.70. The van der Waals surface area contributed by atoms with E-state index in [1.807, 2.05) is 6.07 Å². The maximum Gasteiger partial charge on any atom is 0.194 e. The topological polar surface area (TPSA) is 117 Å². The van der Waals surface area contributed by atoms with Gasteiger partial charge in [-0.1, -0.05) is 12.2 Å². The zero-order valence-electron chi connectivity index (χ0n) is 13.6. The highest BCUT2D eigenvalue weighted by Crippen LogP contribution is 2.30. The minimum atomic E-state index is -1.03. The molecular weight excluding hydrogens is 359 g/mol. The van der Waals surface area contributed by atoms with Gasteiger partial charge < -0.3 is 25.7 Å². The lowest BCUT2D eigenvalue weighted by Gasteiger charge is -2.10. The molecule has 2 rings (SSSR count). The lowest BCUT2D eigenvalue weighted by atomic mass is 10.1. The Labute approximate surface area is 154 Å². The molecule has 26 heavy (non-hydrogen) atoms. The van der Waals surface area contributed by atoms with Crippen molar-refractivity contribution in [2.45, 2.75) is 13.5 Å². The number of thiocarbonyl (C=S) groups is 1. The van der Waals surface area contributed by atoms with Crippen LogP contribution in [0, 0.1) is 24.1 Å². The summed E-state index contributed by atoms with van der Waals surface area (Å²) in [5.41, 5.74) is 1.04. The summed E-state index contributed by atoms with van der Waals surface area (Å²) < 4.78 is 13.5. The normalized spacial score (nSPS) is 11.0. The molecule has 0 spiro atoms. The molecule has 0 amide bonds. The van der Waals surface area contributed by atoms with Crippen molar-refractivity contribution in [1.82, 2.24) is 5.32 Å². The third-order valence-corrected chi connectivity index (χ3v) is 3.97. The van der Waals surface area contributed by atoms with E-state index in [0.717, 1.165) is 12.1 Å². The smallest absolute Gasteiger partial charge is 0.194 e. The number of rotatable bonds is 4. The highest BCUT2D eigenvalue weighted by Gasteiger charge is 2.11. The zero-order valence-corrected chi connectivity index (χ0v) is 14.4. The molecule has 0 heterocycles. The van der Waals surface area contributed by atoms with Crippen LogP contribution in [0.5, 0.6) is 23.0 Å². The minimum absolute atomic E-state index is 0.00467. The standard InChI is InChI=1S/C18H15FN2O4S/c1-9-14(22)5-11(6-15(9)23)8-21-18(26)12(7-20)2-10-3-13(19)17(25)16(24)4-10/h2-6,22-25H,8H2,1H3,(H,21,26)/b12-2+. The molecule has 0 radical (unpaired) electrons. The summed E-state index contributed by atoms with van der Waals surface area (Å²) in [7, 11) is 0. The van der Waals surface area contributed by atoms with Gasteiger partial charge >= 0.3 is 0 Å². The molecule has 0 bridgehead atoms. The Balaban J connectivity index is 2.18. The van der Waals surface area contributed by atoms with Gasteiger partial charge in [0.25, 0.3) is 0 Å². The van der Waals surface area contributed by atoms with Gasteiger partial charge in [-0.15, -0.1) is 0 Å². The van der Waals surface area contributed by atoms with Crippen LogP contribution in [-0.2, 0) is 6.54 Å². The molecule has 8 heteroatoms. The number of benzene rings is 2. The highest BCUT2D eigenvalue weighted by atomic mass is 32.1. The van der Waals surface area contributed by atoms with Crippen LogP contribution in [0.4, 0.5) is 4.39 Å². The Kier molecular flexibility index (Phi) is 5.64. The van der Waals surface area contributed by atoms with E-state index in [0.29, 0.717) is 11.1 Å².